The molecule has 0 aliphatic carbocycles. The standard InChI is InChI=1S/C10H17N3O4S2/c1-7(6-18(2,14)15)13-10-5-8(19(12,16)17)3-4-9(10)11/h3-5,7,13H,6,11H2,1-2H3,(H2,12,16,17). The Balaban J connectivity index is 3.01. The minimum Gasteiger partial charge on any atom is -0.397 e. The summed E-state index contributed by atoms with van der Waals surface area (Å²) in [5.41, 5.74) is 6.35. The molecule has 9 heteroatoms. The predicted octanol–water partition coefficient (Wildman–Crippen LogP) is -0.239. The molecule has 0 aliphatic rings. The van der Waals surface area contributed by atoms with Crippen molar-refractivity contribution in [3.63, 3.8) is 0 Å². The number of hydrogen-bond donors (Lipinski definition) is 3. The zero-order chi connectivity index (χ0) is 14.8. The quantitative estimate of drug-likeness (QED) is 0.643. The van der Waals surface area contributed by atoms with E-state index in [4.69, 9.17) is 10.9 Å². The molecule has 0 fully saturated rings. The molecule has 5 N–H and O–H groups in total. The van der Waals surface area contributed by atoms with E-state index in [0.717, 1.165) is 6.26 Å². The smallest absolute Gasteiger partial charge is 0.238 e. The normalized spacial score (nSPS) is 14.1. The summed E-state index contributed by atoms with van der Waals surface area (Å²) >= 11 is 0. The van der Waals surface area contributed by atoms with Crippen molar-refractivity contribution >= 4 is 31.2 Å². The lowest BCUT2D eigenvalue weighted by atomic mass is 10.2. The van der Waals surface area contributed by atoms with Crippen LogP contribution in [0.3, 0.4) is 0 Å². The Bertz CT molecular complexity index is 668. The van der Waals surface area contributed by atoms with E-state index in [1.54, 1.807) is 6.92 Å². The second kappa shape index (κ2) is 5.35. The average molecular weight is 307 g/mol. The number of nitrogens with two attached hydrogens (primary N) is 2. The second-order valence-corrected chi connectivity index (χ2v) is 8.18. The molecule has 0 aliphatic heterocycles. The Morgan fingerprint density at radius 1 is 1.26 bits per heavy atom. The van der Waals surface area contributed by atoms with Crippen LogP contribution < -0.4 is 16.2 Å². The highest BCUT2D eigenvalue weighted by Gasteiger charge is 2.14. The summed E-state index contributed by atoms with van der Waals surface area (Å²) in [7, 11) is -6.97. The molecular formula is C10H17N3O4S2. The van der Waals surface area contributed by atoms with Gasteiger partial charge in [0.25, 0.3) is 0 Å². The molecule has 0 bridgehead atoms. The minimum atomic E-state index is -3.83. The summed E-state index contributed by atoms with van der Waals surface area (Å²) < 4.78 is 44.8. The molecule has 1 atom stereocenters. The van der Waals surface area contributed by atoms with Crippen LogP contribution in [0.2, 0.25) is 0 Å². The predicted molar refractivity (Wildman–Crippen MR) is 75.0 cm³/mol. The zero-order valence-electron chi connectivity index (χ0n) is 10.6. The molecule has 0 radical (unpaired) electrons. The molecule has 7 nitrogen and oxygen atoms in total. The van der Waals surface area contributed by atoms with E-state index in [0.29, 0.717) is 11.4 Å². The monoisotopic (exact) mass is 307 g/mol. The lowest BCUT2D eigenvalue weighted by Gasteiger charge is -2.16. The Morgan fingerprint density at radius 3 is 2.32 bits per heavy atom. The molecule has 0 aromatic heterocycles. The number of anilines is 2. The molecule has 0 spiro atoms. The maximum Gasteiger partial charge on any atom is 0.238 e. The summed E-state index contributed by atoms with van der Waals surface area (Å²) in [5.74, 6) is -0.0912. The van der Waals surface area contributed by atoms with Crippen molar-refractivity contribution in [1.82, 2.24) is 0 Å². The molecular weight excluding hydrogens is 290 g/mol. The molecule has 1 aromatic rings. The molecule has 1 aromatic carbocycles. The summed E-state index contributed by atoms with van der Waals surface area (Å²) in [4.78, 5) is -0.0873. The van der Waals surface area contributed by atoms with Crippen molar-refractivity contribution in [2.75, 3.05) is 23.1 Å². The van der Waals surface area contributed by atoms with Crippen LogP contribution in [0.1, 0.15) is 6.92 Å². The van der Waals surface area contributed by atoms with E-state index in [1.807, 2.05) is 0 Å². The first kappa shape index (κ1) is 15.7. The highest BCUT2D eigenvalue weighted by atomic mass is 32.2. The van der Waals surface area contributed by atoms with Crippen LogP contribution in [0.4, 0.5) is 11.4 Å². The number of benzene rings is 1. The van der Waals surface area contributed by atoms with Crippen LogP contribution in [0.5, 0.6) is 0 Å². The van der Waals surface area contributed by atoms with Gasteiger partial charge in [-0.15, -0.1) is 0 Å². The third-order valence-corrected chi connectivity index (χ3v) is 4.32. The van der Waals surface area contributed by atoms with Crippen LogP contribution >= 0.6 is 0 Å². The molecule has 0 saturated carbocycles. The van der Waals surface area contributed by atoms with E-state index < -0.39 is 25.9 Å². The fraction of sp³-hybridized carbons (Fsp3) is 0.400. The van der Waals surface area contributed by atoms with Gasteiger partial charge in [-0.05, 0) is 25.1 Å². The topological polar surface area (TPSA) is 132 Å². The lowest BCUT2D eigenvalue weighted by Crippen LogP contribution is -2.25. The number of nitrogens with one attached hydrogen (secondary N) is 1. The van der Waals surface area contributed by atoms with Crippen LogP contribution in [-0.4, -0.2) is 34.9 Å². The molecule has 1 rings (SSSR count). The van der Waals surface area contributed by atoms with Gasteiger partial charge in [0.15, 0.2) is 0 Å². The van der Waals surface area contributed by atoms with Crippen molar-refractivity contribution in [1.29, 1.82) is 0 Å². The zero-order valence-corrected chi connectivity index (χ0v) is 12.3. The van der Waals surface area contributed by atoms with Gasteiger partial charge in [0.1, 0.15) is 9.84 Å². The number of rotatable bonds is 5. The van der Waals surface area contributed by atoms with Gasteiger partial charge in [0.2, 0.25) is 10.0 Å². The Labute approximate surface area is 113 Å². The van der Waals surface area contributed by atoms with Crippen LogP contribution in [0, 0.1) is 0 Å². The van der Waals surface area contributed by atoms with E-state index in [-0.39, 0.29) is 10.6 Å². The first-order valence-corrected chi connectivity index (χ1v) is 8.96. The van der Waals surface area contributed by atoms with E-state index in [9.17, 15) is 16.8 Å². The van der Waals surface area contributed by atoms with Crippen molar-refractivity contribution < 1.29 is 16.8 Å². The van der Waals surface area contributed by atoms with Crippen molar-refractivity contribution in [2.24, 2.45) is 5.14 Å². The molecule has 0 saturated heterocycles. The van der Waals surface area contributed by atoms with Crippen molar-refractivity contribution in [3.05, 3.63) is 18.2 Å². The number of hydrogen-bond acceptors (Lipinski definition) is 6. The largest absolute Gasteiger partial charge is 0.397 e. The van der Waals surface area contributed by atoms with E-state index >= 15 is 0 Å². The number of primary sulfonamides is 1. The van der Waals surface area contributed by atoms with Gasteiger partial charge in [-0.25, -0.2) is 22.0 Å². The van der Waals surface area contributed by atoms with Gasteiger partial charge >= 0.3 is 0 Å². The minimum absolute atomic E-state index is 0.0873. The van der Waals surface area contributed by atoms with Crippen LogP contribution in [0.25, 0.3) is 0 Å². The SMILES string of the molecule is CC(CS(C)(=O)=O)Nc1cc(S(N)(=O)=O)ccc1N. The van der Waals surface area contributed by atoms with Crippen LogP contribution in [-0.2, 0) is 19.9 Å². The molecule has 1 unspecified atom stereocenters. The number of sulfonamides is 1. The third kappa shape index (κ3) is 5.05. The fourth-order valence-corrected chi connectivity index (χ4v) is 3.13. The molecule has 0 heterocycles. The second-order valence-electron chi connectivity index (χ2n) is 4.43. The van der Waals surface area contributed by atoms with Gasteiger partial charge in [-0.2, -0.15) is 0 Å². The lowest BCUT2D eigenvalue weighted by molar-refractivity contribution is 0.595. The third-order valence-electron chi connectivity index (χ3n) is 2.31. The van der Waals surface area contributed by atoms with E-state index in [1.165, 1.54) is 18.2 Å². The van der Waals surface area contributed by atoms with Gasteiger partial charge in [-0.3, -0.25) is 0 Å². The van der Waals surface area contributed by atoms with Gasteiger partial charge in [0.05, 0.1) is 22.0 Å². The van der Waals surface area contributed by atoms with E-state index in [2.05, 4.69) is 5.32 Å². The van der Waals surface area contributed by atoms with Gasteiger partial charge < -0.3 is 11.1 Å². The molecule has 0 amide bonds. The fourth-order valence-electron chi connectivity index (χ4n) is 1.60. The maximum absolute atomic E-state index is 11.2. The Kier molecular flexibility index (Phi) is 4.43. The summed E-state index contributed by atoms with van der Waals surface area (Å²) in [6.07, 6.45) is 1.12. The maximum atomic E-state index is 11.2. The van der Waals surface area contributed by atoms with Crippen molar-refractivity contribution in [2.45, 2.75) is 17.9 Å². The Hall–Kier alpha value is -1.32. The molecule has 19 heavy (non-hydrogen) atoms. The Morgan fingerprint density at radius 2 is 1.84 bits per heavy atom. The van der Waals surface area contributed by atoms with Crippen molar-refractivity contribution in [3.8, 4) is 0 Å². The average Bonchev–Trinajstić information content (AvgIpc) is 2.16. The first-order chi connectivity index (χ1) is 8.49. The summed E-state index contributed by atoms with van der Waals surface area (Å²) in [6, 6.07) is 3.56. The number of nitrogen functional groups attached to an aromatic ring is 1. The molecule has 108 valence electrons. The number of sulfone groups is 1. The summed E-state index contributed by atoms with van der Waals surface area (Å²) in [5, 5.41) is 7.87. The van der Waals surface area contributed by atoms with Gasteiger partial charge in [0, 0.05) is 12.3 Å². The summed E-state index contributed by atoms with van der Waals surface area (Å²) in [6.45, 7) is 1.66. The highest BCUT2D eigenvalue weighted by Crippen LogP contribution is 2.23. The first-order valence-electron chi connectivity index (χ1n) is 5.35. The van der Waals surface area contributed by atoms with Gasteiger partial charge in [-0.1, -0.05) is 0 Å². The van der Waals surface area contributed by atoms with Crippen LogP contribution in [0.15, 0.2) is 23.1 Å². The highest BCUT2D eigenvalue weighted by molar-refractivity contribution is 7.90.